The van der Waals surface area contributed by atoms with Gasteiger partial charge in [0.2, 0.25) is 5.95 Å². The molecule has 2 aliphatic carbocycles. The van der Waals surface area contributed by atoms with Gasteiger partial charge in [0.05, 0.1) is 25.1 Å². The van der Waals surface area contributed by atoms with Crippen molar-refractivity contribution in [3.63, 3.8) is 0 Å². The van der Waals surface area contributed by atoms with Crippen molar-refractivity contribution in [2.75, 3.05) is 32.2 Å². The molecule has 1 fully saturated rings. The van der Waals surface area contributed by atoms with Crippen molar-refractivity contribution < 1.29 is 9.47 Å². The van der Waals surface area contributed by atoms with Gasteiger partial charge in [0, 0.05) is 25.8 Å². The summed E-state index contributed by atoms with van der Waals surface area (Å²) in [7, 11) is 1.74. The molecule has 1 N–H and O–H groups in total. The summed E-state index contributed by atoms with van der Waals surface area (Å²) in [6.45, 7) is 5.09. The molecule has 27 heavy (non-hydrogen) atoms. The molecular weight excluding hydrogens is 338 g/mol. The molecule has 0 spiro atoms. The van der Waals surface area contributed by atoms with Gasteiger partial charge in [0.1, 0.15) is 5.75 Å². The maximum atomic E-state index is 5.56. The first-order valence-corrected chi connectivity index (χ1v) is 9.98. The number of aromatic nitrogens is 2. The SMILES string of the molecule is CCOc1ccc(-c2cnc(NCC3CC4C=CC3C4)n2CCOC)cc1. The number of allylic oxidation sites excluding steroid dienone is 2. The van der Waals surface area contributed by atoms with E-state index in [1.807, 2.05) is 25.3 Å². The molecule has 0 saturated heterocycles. The van der Waals surface area contributed by atoms with Crippen LogP contribution in [0, 0.1) is 17.8 Å². The van der Waals surface area contributed by atoms with Crippen molar-refractivity contribution in [3.8, 4) is 17.0 Å². The fraction of sp³-hybridized carbons (Fsp3) is 0.500. The molecule has 0 radical (unpaired) electrons. The Hall–Kier alpha value is -2.27. The number of nitrogens with one attached hydrogen (secondary N) is 1. The van der Waals surface area contributed by atoms with Crippen molar-refractivity contribution in [1.82, 2.24) is 9.55 Å². The first-order valence-electron chi connectivity index (χ1n) is 9.98. The lowest BCUT2D eigenvalue weighted by Gasteiger charge is -2.20. The van der Waals surface area contributed by atoms with Crippen LogP contribution in [0.5, 0.6) is 5.75 Å². The van der Waals surface area contributed by atoms with Gasteiger partial charge in [-0.1, -0.05) is 12.2 Å². The first kappa shape index (κ1) is 18.1. The maximum Gasteiger partial charge on any atom is 0.203 e. The molecule has 1 heterocycles. The van der Waals surface area contributed by atoms with Gasteiger partial charge >= 0.3 is 0 Å². The Kier molecular flexibility index (Phi) is 5.48. The van der Waals surface area contributed by atoms with E-state index in [2.05, 4.69) is 39.2 Å². The summed E-state index contributed by atoms with van der Waals surface area (Å²) < 4.78 is 13.1. The van der Waals surface area contributed by atoms with Crippen molar-refractivity contribution in [3.05, 3.63) is 42.6 Å². The molecule has 5 heteroatoms. The van der Waals surface area contributed by atoms with Crippen molar-refractivity contribution in [2.24, 2.45) is 17.8 Å². The highest BCUT2D eigenvalue weighted by Gasteiger charge is 2.35. The fourth-order valence-electron chi connectivity index (χ4n) is 4.40. The minimum absolute atomic E-state index is 0.659. The third-order valence-electron chi connectivity index (χ3n) is 5.77. The average molecular weight is 367 g/mol. The Labute approximate surface area is 161 Å². The van der Waals surface area contributed by atoms with E-state index in [0.717, 1.165) is 53.8 Å². The van der Waals surface area contributed by atoms with E-state index in [1.54, 1.807) is 7.11 Å². The molecule has 144 valence electrons. The van der Waals surface area contributed by atoms with Gasteiger partial charge in [-0.25, -0.2) is 4.98 Å². The minimum atomic E-state index is 0.659. The molecule has 2 aliphatic rings. The molecule has 3 atom stereocenters. The number of hydrogen-bond acceptors (Lipinski definition) is 4. The number of hydrogen-bond donors (Lipinski definition) is 1. The summed E-state index contributed by atoms with van der Waals surface area (Å²) in [5.41, 5.74) is 2.24. The third-order valence-corrected chi connectivity index (χ3v) is 5.77. The molecule has 4 rings (SSSR count). The van der Waals surface area contributed by atoms with Gasteiger partial charge in [0.25, 0.3) is 0 Å². The Morgan fingerprint density at radius 3 is 2.70 bits per heavy atom. The summed E-state index contributed by atoms with van der Waals surface area (Å²) in [4.78, 5) is 4.67. The van der Waals surface area contributed by atoms with Crippen LogP contribution in [0.15, 0.2) is 42.6 Å². The largest absolute Gasteiger partial charge is 0.494 e. The van der Waals surface area contributed by atoms with Crippen LogP contribution in [0.4, 0.5) is 5.95 Å². The normalized spacial score (nSPS) is 23.1. The van der Waals surface area contributed by atoms with Crippen molar-refractivity contribution in [1.29, 1.82) is 0 Å². The summed E-state index contributed by atoms with van der Waals surface area (Å²) in [5.74, 6) is 4.10. The van der Waals surface area contributed by atoms with Gasteiger partial charge in [-0.15, -0.1) is 0 Å². The number of imidazole rings is 1. The fourth-order valence-corrected chi connectivity index (χ4v) is 4.40. The predicted octanol–water partition coefficient (Wildman–Crippen LogP) is 4.22. The van der Waals surface area contributed by atoms with Crippen LogP contribution >= 0.6 is 0 Å². The summed E-state index contributed by atoms with van der Waals surface area (Å²) in [6.07, 6.45) is 9.39. The molecule has 0 aliphatic heterocycles. The minimum Gasteiger partial charge on any atom is -0.494 e. The van der Waals surface area contributed by atoms with E-state index in [1.165, 1.54) is 12.8 Å². The molecule has 5 nitrogen and oxygen atoms in total. The van der Waals surface area contributed by atoms with Crippen LogP contribution in [0.1, 0.15) is 19.8 Å². The van der Waals surface area contributed by atoms with E-state index in [0.29, 0.717) is 13.2 Å². The number of fused-ring (bicyclic) bond motifs is 2. The van der Waals surface area contributed by atoms with Crippen LogP contribution < -0.4 is 10.1 Å². The molecule has 1 saturated carbocycles. The van der Waals surface area contributed by atoms with Gasteiger partial charge in [0.15, 0.2) is 0 Å². The van der Waals surface area contributed by atoms with Crippen LogP contribution in [0.25, 0.3) is 11.3 Å². The summed E-state index contributed by atoms with van der Waals surface area (Å²) in [6, 6.07) is 8.22. The second-order valence-electron chi connectivity index (χ2n) is 7.49. The highest BCUT2D eigenvalue weighted by molar-refractivity contribution is 5.62. The topological polar surface area (TPSA) is 48.3 Å². The van der Waals surface area contributed by atoms with Gasteiger partial charge in [-0.3, -0.25) is 0 Å². The van der Waals surface area contributed by atoms with E-state index in [-0.39, 0.29) is 0 Å². The molecular formula is C22H29N3O2. The zero-order valence-electron chi connectivity index (χ0n) is 16.2. The second kappa shape index (κ2) is 8.17. The van der Waals surface area contributed by atoms with Gasteiger partial charge in [-0.2, -0.15) is 0 Å². The van der Waals surface area contributed by atoms with Crippen molar-refractivity contribution in [2.45, 2.75) is 26.3 Å². The Balaban J connectivity index is 1.50. The lowest BCUT2D eigenvalue weighted by atomic mass is 9.94. The third kappa shape index (κ3) is 3.88. The molecule has 2 aromatic rings. The Bertz CT molecular complexity index is 781. The van der Waals surface area contributed by atoms with E-state index in [4.69, 9.17) is 9.47 Å². The monoisotopic (exact) mass is 367 g/mol. The second-order valence-corrected chi connectivity index (χ2v) is 7.49. The van der Waals surface area contributed by atoms with Crippen LogP contribution in [0.3, 0.4) is 0 Å². The number of ether oxygens (including phenoxy) is 2. The van der Waals surface area contributed by atoms with Crippen LogP contribution in [0.2, 0.25) is 0 Å². The quantitative estimate of drug-likeness (QED) is 0.674. The van der Waals surface area contributed by atoms with Crippen LogP contribution in [-0.4, -0.2) is 36.4 Å². The Morgan fingerprint density at radius 1 is 1.19 bits per heavy atom. The molecule has 0 amide bonds. The number of anilines is 1. The summed E-state index contributed by atoms with van der Waals surface area (Å²) >= 11 is 0. The average Bonchev–Trinajstić information content (AvgIpc) is 3.41. The van der Waals surface area contributed by atoms with E-state index >= 15 is 0 Å². The van der Waals surface area contributed by atoms with Crippen molar-refractivity contribution >= 4 is 5.95 Å². The van der Waals surface area contributed by atoms with E-state index < -0.39 is 0 Å². The smallest absolute Gasteiger partial charge is 0.203 e. The summed E-state index contributed by atoms with van der Waals surface area (Å²) in [5, 5.41) is 3.61. The number of methoxy groups -OCH3 is 1. The lowest BCUT2D eigenvalue weighted by Crippen LogP contribution is -2.21. The molecule has 2 bridgehead atoms. The van der Waals surface area contributed by atoms with Gasteiger partial charge < -0.3 is 19.4 Å². The van der Waals surface area contributed by atoms with E-state index in [9.17, 15) is 0 Å². The zero-order chi connectivity index (χ0) is 18.6. The number of benzene rings is 1. The number of rotatable bonds is 9. The first-order chi connectivity index (χ1) is 13.3. The highest BCUT2D eigenvalue weighted by Crippen LogP contribution is 2.43. The number of nitrogens with zero attached hydrogens (tertiary/aromatic N) is 2. The van der Waals surface area contributed by atoms with Gasteiger partial charge in [-0.05, 0) is 61.8 Å². The molecule has 1 aromatic carbocycles. The zero-order valence-corrected chi connectivity index (χ0v) is 16.2. The highest BCUT2D eigenvalue weighted by atomic mass is 16.5. The standard InChI is InChI=1S/C22H29N3O2/c1-3-27-20-8-6-17(7-9-20)21-15-24-22(25(21)10-11-26-2)23-14-19-13-16-4-5-18(19)12-16/h4-9,15-16,18-19H,3,10-14H2,1-2H3,(H,23,24). The Morgan fingerprint density at radius 2 is 2.04 bits per heavy atom. The molecule has 1 aromatic heterocycles. The molecule has 3 unspecified atom stereocenters. The lowest BCUT2D eigenvalue weighted by molar-refractivity contribution is 0.188. The van der Waals surface area contributed by atoms with Crippen LogP contribution in [-0.2, 0) is 11.3 Å². The predicted molar refractivity (Wildman–Crippen MR) is 108 cm³/mol. The maximum absolute atomic E-state index is 5.56.